The molecule has 2 aromatic carbocycles. The highest BCUT2D eigenvalue weighted by atomic mass is 35.5. The van der Waals surface area contributed by atoms with Crippen LogP contribution in [0.2, 0.25) is 10.0 Å². The lowest BCUT2D eigenvalue weighted by molar-refractivity contribution is -0.134. The van der Waals surface area contributed by atoms with E-state index in [1.54, 1.807) is 36.4 Å². The molecule has 0 saturated heterocycles. The van der Waals surface area contributed by atoms with E-state index >= 15 is 0 Å². The highest BCUT2D eigenvalue weighted by Gasteiger charge is 2.32. The van der Waals surface area contributed by atoms with E-state index in [0.29, 0.717) is 27.2 Å². The number of halogens is 2. The summed E-state index contributed by atoms with van der Waals surface area (Å²) in [5, 5.41) is 4.18. The number of hydrogen-bond donors (Lipinski definition) is 1. The molecule has 1 unspecified atom stereocenters. The minimum absolute atomic E-state index is 0.0428. The fourth-order valence-corrected chi connectivity index (χ4v) is 3.15. The molecule has 2 aromatic rings. The van der Waals surface area contributed by atoms with Gasteiger partial charge in [-0.2, -0.15) is 0 Å². The molecule has 0 amide bonds. The fraction of sp³-hybridized carbons (Fsp3) is 0.250. The monoisotopic (exact) mass is 391 g/mol. The Balaban J connectivity index is 1.83. The van der Waals surface area contributed by atoms with Crippen molar-refractivity contribution < 1.29 is 14.3 Å². The third-order valence-corrected chi connectivity index (χ3v) is 5.07. The molecule has 0 fully saturated rings. The summed E-state index contributed by atoms with van der Waals surface area (Å²) in [5.41, 5.74) is 2.17. The SMILES string of the molecule is CC1=C(C(=O)Oc2ccccc2Nc2ccc(Cl)cc2Cl)O[C@H](C)C1C. The van der Waals surface area contributed by atoms with Crippen LogP contribution in [0.25, 0.3) is 0 Å². The molecular formula is C20H19Cl2NO3. The summed E-state index contributed by atoms with van der Waals surface area (Å²) in [7, 11) is 0. The van der Waals surface area contributed by atoms with E-state index in [2.05, 4.69) is 5.32 Å². The van der Waals surface area contributed by atoms with Crippen molar-refractivity contribution in [3.8, 4) is 5.75 Å². The Morgan fingerprint density at radius 2 is 1.85 bits per heavy atom. The van der Waals surface area contributed by atoms with Crippen molar-refractivity contribution in [1.29, 1.82) is 0 Å². The van der Waals surface area contributed by atoms with Gasteiger partial charge in [0.25, 0.3) is 0 Å². The molecule has 0 spiro atoms. The number of anilines is 2. The fourth-order valence-electron chi connectivity index (χ4n) is 2.69. The zero-order chi connectivity index (χ0) is 18.8. The number of para-hydroxylation sites is 2. The number of rotatable bonds is 4. The number of carbonyl (C=O) groups is 1. The number of hydrogen-bond acceptors (Lipinski definition) is 4. The molecule has 0 bridgehead atoms. The summed E-state index contributed by atoms with van der Waals surface area (Å²) in [6.45, 7) is 5.85. The second-order valence-corrected chi connectivity index (χ2v) is 7.10. The van der Waals surface area contributed by atoms with Gasteiger partial charge in [0.05, 0.1) is 16.4 Å². The van der Waals surface area contributed by atoms with Gasteiger partial charge in [0, 0.05) is 10.9 Å². The quantitative estimate of drug-likeness (QED) is 0.514. The minimum Gasteiger partial charge on any atom is -0.483 e. The van der Waals surface area contributed by atoms with Crippen LogP contribution in [0.5, 0.6) is 5.75 Å². The topological polar surface area (TPSA) is 47.6 Å². The van der Waals surface area contributed by atoms with Crippen molar-refractivity contribution in [2.75, 3.05) is 5.32 Å². The van der Waals surface area contributed by atoms with Crippen LogP contribution in [-0.4, -0.2) is 12.1 Å². The summed E-state index contributed by atoms with van der Waals surface area (Å²) >= 11 is 12.1. The maximum atomic E-state index is 12.6. The average molecular weight is 392 g/mol. The largest absolute Gasteiger partial charge is 0.483 e. The van der Waals surface area contributed by atoms with Crippen LogP contribution in [0.1, 0.15) is 20.8 Å². The molecule has 0 aliphatic carbocycles. The summed E-state index contributed by atoms with van der Waals surface area (Å²) in [4.78, 5) is 12.6. The van der Waals surface area contributed by atoms with Crippen LogP contribution in [-0.2, 0) is 9.53 Å². The van der Waals surface area contributed by atoms with E-state index in [0.717, 1.165) is 5.57 Å². The molecule has 0 saturated carbocycles. The Hall–Kier alpha value is -2.17. The average Bonchev–Trinajstić information content (AvgIpc) is 2.86. The van der Waals surface area contributed by atoms with Crippen LogP contribution < -0.4 is 10.1 Å². The lowest BCUT2D eigenvalue weighted by Crippen LogP contribution is -2.15. The molecule has 4 nitrogen and oxygen atoms in total. The van der Waals surface area contributed by atoms with Gasteiger partial charge in [0.1, 0.15) is 6.10 Å². The maximum absolute atomic E-state index is 12.6. The lowest BCUT2D eigenvalue weighted by atomic mass is 9.99. The number of benzene rings is 2. The van der Waals surface area contributed by atoms with Gasteiger partial charge in [-0.25, -0.2) is 4.79 Å². The highest BCUT2D eigenvalue weighted by molar-refractivity contribution is 6.36. The second kappa shape index (κ2) is 7.60. The molecule has 0 radical (unpaired) electrons. The number of nitrogens with one attached hydrogen (secondary N) is 1. The number of carbonyl (C=O) groups excluding carboxylic acids is 1. The Bertz CT molecular complexity index is 879. The summed E-state index contributed by atoms with van der Waals surface area (Å²) in [5.74, 6) is 0.345. The van der Waals surface area contributed by atoms with E-state index in [4.69, 9.17) is 32.7 Å². The predicted octanol–water partition coefficient (Wildman–Crippen LogP) is 5.97. The van der Waals surface area contributed by atoms with Gasteiger partial charge in [-0.1, -0.05) is 42.3 Å². The Morgan fingerprint density at radius 3 is 2.50 bits per heavy atom. The summed E-state index contributed by atoms with van der Waals surface area (Å²) in [6, 6.07) is 12.3. The van der Waals surface area contributed by atoms with Crippen LogP contribution in [0.3, 0.4) is 0 Å². The Labute approximate surface area is 162 Å². The van der Waals surface area contributed by atoms with Gasteiger partial charge in [-0.3, -0.25) is 0 Å². The van der Waals surface area contributed by atoms with E-state index in [-0.39, 0.29) is 17.8 Å². The van der Waals surface area contributed by atoms with Crippen molar-refractivity contribution in [3.63, 3.8) is 0 Å². The molecule has 1 heterocycles. The number of esters is 1. The Morgan fingerprint density at radius 1 is 1.12 bits per heavy atom. The lowest BCUT2D eigenvalue weighted by Gasteiger charge is -2.14. The molecular weight excluding hydrogens is 373 g/mol. The third-order valence-electron chi connectivity index (χ3n) is 4.52. The van der Waals surface area contributed by atoms with Crippen molar-refractivity contribution >= 4 is 40.5 Å². The van der Waals surface area contributed by atoms with Crippen LogP contribution in [0.15, 0.2) is 53.8 Å². The molecule has 0 aromatic heterocycles. The first-order chi connectivity index (χ1) is 12.4. The van der Waals surface area contributed by atoms with E-state index in [1.165, 1.54) is 0 Å². The summed E-state index contributed by atoms with van der Waals surface area (Å²) < 4.78 is 11.2. The van der Waals surface area contributed by atoms with Crippen LogP contribution in [0.4, 0.5) is 11.4 Å². The molecule has 1 aliphatic rings. The molecule has 26 heavy (non-hydrogen) atoms. The van der Waals surface area contributed by atoms with Crippen LogP contribution >= 0.6 is 23.2 Å². The molecule has 136 valence electrons. The molecule has 3 rings (SSSR count). The molecule has 1 aliphatic heterocycles. The molecule has 1 N–H and O–H groups in total. The third kappa shape index (κ3) is 3.81. The van der Waals surface area contributed by atoms with E-state index in [9.17, 15) is 4.79 Å². The zero-order valence-corrected chi connectivity index (χ0v) is 16.2. The second-order valence-electron chi connectivity index (χ2n) is 6.26. The first-order valence-corrected chi connectivity index (χ1v) is 9.03. The zero-order valence-electron chi connectivity index (χ0n) is 14.7. The predicted molar refractivity (Wildman–Crippen MR) is 104 cm³/mol. The van der Waals surface area contributed by atoms with Gasteiger partial charge in [-0.05, 0) is 49.8 Å². The first kappa shape index (κ1) is 18.6. The Kier molecular flexibility index (Phi) is 5.44. The van der Waals surface area contributed by atoms with Crippen molar-refractivity contribution in [1.82, 2.24) is 0 Å². The van der Waals surface area contributed by atoms with Gasteiger partial charge in [0.2, 0.25) is 5.76 Å². The van der Waals surface area contributed by atoms with Crippen molar-refractivity contribution in [2.45, 2.75) is 26.9 Å². The minimum atomic E-state index is -0.504. The summed E-state index contributed by atoms with van der Waals surface area (Å²) in [6.07, 6.45) is -0.0428. The van der Waals surface area contributed by atoms with E-state index in [1.807, 2.05) is 26.8 Å². The van der Waals surface area contributed by atoms with Gasteiger partial charge < -0.3 is 14.8 Å². The van der Waals surface area contributed by atoms with Gasteiger partial charge in [0.15, 0.2) is 5.75 Å². The van der Waals surface area contributed by atoms with Crippen molar-refractivity contribution in [3.05, 3.63) is 63.8 Å². The normalized spacial score (nSPS) is 19.3. The van der Waals surface area contributed by atoms with E-state index < -0.39 is 5.97 Å². The van der Waals surface area contributed by atoms with Gasteiger partial charge >= 0.3 is 5.97 Å². The van der Waals surface area contributed by atoms with Crippen LogP contribution in [0, 0.1) is 5.92 Å². The smallest absolute Gasteiger partial charge is 0.379 e. The first-order valence-electron chi connectivity index (χ1n) is 8.27. The maximum Gasteiger partial charge on any atom is 0.379 e. The number of ether oxygens (including phenoxy) is 2. The van der Waals surface area contributed by atoms with Gasteiger partial charge in [-0.15, -0.1) is 0 Å². The standard InChI is InChI=1S/C20H19Cl2NO3/c1-11-12(2)19(25-13(11)3)20(24)26-18-7-5-4-6-17(18)23-16-9-8-14(21)10-15(16)22/h4-11,13,23H,1-3H3/t11?,13-/m1/s1. The van der Waals surface area contributed by atoms with Crippen molar-refractivity contribution in [2.24, 2.45) is 5.92 Å². The molecule has 2 atom stereocenters. The highest BCUT2D eigenvalue weighted by Crippen LogP contribution is 2.35. The molecule has 6 heteroatoms.